The van der Waals surface area contributed by atoms with Crippen molar-refractivity contribution in [1.29, 1.82) is 0 Å². The second-order valence-electron chi connectivity index (χ2n) is 8.53. The number of ether oxygens (including phenoxy) is 1. The molecule has 2 aliphatic rings. The van der Waals surface area contributed by atoms with Crippen molar-refractivity contribution in [2.75, 3.05) is 52.4 Å². The van der Waals surface area contributed by atoms with Gasteiger partial charge in [0.15, 0.2) is 0 Å². The minimum atomic E-state index is -3.41. The van der Waals surface area contributed by atoms with Gasteiger partial charge in [-0.05, 0) is 49.5 Å². The fourth-order valence-electron chi connectivity index (χ4n) is 4.62. The molecule has 9 nitrogen and oxygen atoms in total. The molecule has 0 atom stereocenters. The van der Waals surface area contributed by atoms with Crippen LogP contribution in [-0.2, 0) is 14.8 Å². The summed E-state index contributed by atoms with van der Waals surface area (Å²) in [7, 11) is -3.41. The van der Waals surface area contributed by atoms with Crippen LogP contribution in [0, 0.1) is 0 Å². The molecule has 1 N–H and O–H groups in total. The largest absolute Gasteiger partial charge is 0.448 e. The second kappa shape index (κ2) is 9.76. The van der Waals surface area contributed by atoms with Gasteiger partial charge < -0.3 is 19.5 Å². The minimum absolute atomic E-state index is 0.209. The summed E-state index contributed by atoms with van der Waals surface area (Å²) < 4.78 is 33.0. The number of likely N-dealkylation sites (N-methyl/N-ethyl adjacent to an activating group) is 1. The van der Waals surface area contributed by atoms with Crippen LogP contribution in [0.4, 0.5) is 4.79 Å². The summed E-state index contributed by atoms with van der Waals surface area (Å²) in [5.74, 6) is 0.318. The number of likely N-dealkylation sites (tertiary alicyclic amines) is 1. The Labute approximate surface area is 189 Å². The third-order valence-electron chi connectivity index (χ3n) is 6.79. The zero-order valence-electron chi connectivity index (χ0n) is 18.9. The predicted octanol–water partition coefficient (Wildman–Crippen LogP) is 2.23. The number of H-pyrrole nitrogens is 1. The number of carbonyl (C=O) groups excluding carboxylic acids is 1. The van der Waals surface area contributed by atoms with Gasteiger partial charge in [0.05, 0.1) is 0 Å². The molecule has 176 valence electrons. The van der Waals surface area contributed by atoms with Crippen molar-refractivity contribution in [2.24, 2.45) is 0 Å². The Morgan fingerprint density at radius 3 is 2.66 bits per heavy atom. The monoisotopic (exact) mass is 463 g/mol. The molecule has 0 unspecified atom stereocenters. The van der Waals surface area contributed by atoms with Crippen LogP contribution in [0.3, 0.4) is 0 Å². The lowest BCUT2D eigenvalue weighted by Crippen LogP contribution is -2.60. The Morgan fingerprint density at radius 1 is 1.25 bits per heavy atom. The number of hydrogen-bond acceptors (Lipinski definition) is 6. The molecular formula is C22H33N5O4S. The molecule has 4 heterocycles. The molecule has 4 rings (SSSR count). The van der Waals surface area contributed by atoms with E-state index in [1.807, 2.05) is 12.3 Å². The third kappa shape index (κ3) is 4.62. The molecule has 0 saturated carbocycles. The molecule has 32 heavy (non-hydrogen) atoms. The maximum absolute atomic E-state index is 13.0. The van der Waals surface area contributed by atoms with E-state index < -0.39 is 21.4 Å². The van der Waals surface area contributed by atoms with E-state index in [2.05, 4.69) is 34.8 Å². The first kappa shape index (κ1) is 23.0. The van der Waals surface area contributed by atoms with Crippen molar-refractivity contribution in [3.05, 3.63) is 30.1 Å². The summed E-state index contributed by atoms with van der Waals surface area (Å²) in [6.45, 7) is 8.39. The second-order valence-corrected chi connectivity index (χ2v) is 10.7. The summed E-state index contributed by atoms with van der Waals surface area (Å²) >= 11 is 0. The Hall–Kier alpha value is -2.17. The molecule has 2 fully saturated rings. The summed E-state index contributed by atoms with van der Waals surface area (Å²) in [6, 6.07) is 3.98. The van der Waals surface area contributed by atoms with Crippen LogP contribution in [0.25, 0.3) is 11.0 Å². The lowest BCUT2D eigenvalue weighted by molar-refractivity contribution is 0.0732. The number of amides is 1. The van der Waals surface area contributed by atoms with E-state index in [4.69, 9.17) is 4.74 Å². The number of nitrogens with zero attached hydrogens (tertiary/aromatic N) is 4. The number of aromatic nitrogens is 2. The summed E-state index contributed by atoms with van der Waals surface area (Å²) in [4.78, 5) is 23.4. The number of pyridine rings is 1. The van der Waals surface area contributed by atoms with Gasteiger partial charge in [-0.1, -0.05) is 13.8 Å². The van der Waals surface area contributed by atoms with Crippen molar-refractivity contribution in [3.8, 4) is 0 Å². The van der Waals surface area contributed by atoms with E-state index in [0.29, 0.717) is 32.2 Å². The Bertz CT molecular complexity index is 1020. The van der Waals surface area contributed by atoms with Crippen LogP contribution in [0.15, 0.2) is 24.5 Å². The molecule has 1 amide bonds. The molecule has 0 aliphatic carbocycles. The van der Waals surface area contributed by atoms with E-state index in [0.717, 1.165) is 37.0 Å². The average Bonchev–Trinajstić information content (AvgIpc) is 3.20. The first-order valence-corrected chi connectivity index (χ1v) is 13.0. The summed E-state index contributed by atoms with van der Waals surface area (Å²) in [5, 5.41) is 0.578. The van der Waals surface area contributed by atoms with Gasteiger partial charge in [0.25, 0.3) is 0 Å². The van der Waals surface area contributed by atoms with Crippen molar-refractivity contribution >= 4 is 27.1 Å². The maximum Gasteiger partial charge on any atom is 0.409 e. The average molecular weight is 464 g/mol. The SMILES string of the molecule is CCN(CC)CCOC(=O)N1CC(S(=O)(=O)N2CCC(c3c[nH]c4ncccc34)CC2)C1. The van der Waals surface area contributed by atoms with Gasteiger partial charge in [0, 0.05) is 50.5 Å². The summed E-state index contributed by atoms with van der Waals surface area (Å²) in [5.41, 5.74) is 2.09. The number of sulfonamides is 1. The molecule has 10 heteroatoms. The smallest absolute Gasteiger partial charge is 0.409 e. The molecule has 0 spiro atoms. The van der Waals surface area contributed by atoms with Crippen LogP contribution in [0.2, 0.25) is 0 Å². The lowest BCUT2D eigenvalue weighted by atomic mass is 9.90. The Morgan fingerprint density at radius 2 is 1.97 bits per heavy atom. The van der Waals surface area contributed by atoms with Gasteiger partial charge in [-0.3, -0.25) is 0 Å². The first-order chi connectivity index (χ1) is 15.4. The van der Waals surface area contributed by atoms with Crippen LogP contribution in [0.1, 0.15) is 38.2 Å². The van der Waals surface area contributed by atoms with E-state index in [-0.39, 0.29) is 13.1 Å². The molecule has 2 aromatic rings. The zero-order valence-corrected chi connectivity index (χ0v) is 19.7. The lowest BCUT2D eigenvalue weighted by Gasteiger charge is -2.41. The third-order valence-corrected chi connectivity index (χ3v) is 9.02. The van der Waals surface area contributed by atoms with Gasteiger partial charge in [0.1, 0.15) is 17.5 Å². The number of nitrogens with one attached hydrogen (secondary N) is 1. The maximum atomic E-state index is 13.0. The zero-order chi connectivity index (χ0) is 22.7. The standard InChI is InChI=1S/C22H33N5O4S/c1-3-25(4-2)12-13-31-22(28)26-15-18(16-26)32(29,30)27-10-7-17(8-11-27)20-14-24-21-19(20)6-5-9-23-21/h5-6,9,14,17-18H,3-4,7-8,10-13,15-16H2,1-2H3,(H,23,24). The highest BCUT2D eigenvalue weighted by molar-refractivity contribution is 7.89. The number of hydrogen-bond donors (Lipinski definition) is 1. The van der Waals surface area contributed by atoms with Gasteiger partial charge in [-0.2, -0.15) is 0 Å². The number of piperidine rings is 1. The van der Waals surface area contributed by atoms with E-state index in [1.165, 1.54) is 10.5 Å². The predicted molar refractivity (Wildman–Crippen MR) is 123 cm³/mol. The van der Waals surface area contributed by atoms with Crippen LogP contribution < -0.4 is 0 Å². The van der Waals surface area contributed by atoms with Crippen molar-refractivity contribution in [3.63, 3.8) is 0 Å². The number of carbonyl (C=O) groups is 1. The van der Waals surface area contributed by atoms with E-state index in [9.17, 15) is 13.2 Å². The normalized spacial score (nSPS) is 18.9. The quantitative estimate of drug-likeness (QED) is 0.645. The van der Waals surface area contributed by atoms with Crippen molar-refractivity contribution in [1.82, 2.24) is 24.1 Å². The molecule has 0 bridgehead atoms. The fraction of sp³-hybridized carbons (Fsp3) is 0.636. The number of aromatic amines is 1. The van der Waals surface area contributed by atoms with Crippen LogP contribution >= 0.6 is 0 Å². The van der Waals surface area contributed by atoms with Gasteiger partial charge >= 0.3 is 6.09 Å². The molecular weight excluding hydrogens is 430 g/mol. The Balaban J connectivity index is 1.25. The fourth-order valence-corrected chi connectivity index (χ4v) is 6.49. The van der Waals surface area contributed by atoms with Crippen molar-refractivity contribution < 1.29 is 17.9 Å². The van der Waals surface area contributed by atoms with E-state index >= 15 is 0 Å². The van der Waals surface area contributed by atoms with Crippen molar-refractivity contribution in [2.45, 2.75) is 37.9 Å². The van der Waals surface area contributed by atoms with E-state index in [1.54, 1.807) is 10.5 Å². The highest BCUT2D eigenvalue weighted by Crippen LogP contribution is 2.34. The highest BCUT2D eigenvalue weighted by Gasteiger charge is 2.44. The minimum Gasteiger partial charge on any atom is -0.448 e. The molecule has 0 aromatic carbocycles. The van der Waals surface area contributed by atoms with Crippen LogP contribution in [0.5, 0.6) is 0 Å². The number of fused-ring (bicyclic) bond motifs is 1. The molecule has 2 aromatic heterocycles. The Kier molecular flexibility index (Phi) is 7.02. The topological polar surface area (TPSA) is 98.8 Å². The van der Waals surface area contributed by atoms with Gasteiger partial charge in [-0.25, -0.2) is 22.5 Å². The molecule has 0 radical (unpaired) electrons. The molecule has 2 aliphatic heterocycles. The highest BCUT2D eigenvalue weighted by atomic mass is 32.2. The number of rotatable bonds is 8. The van der Waals surface area contributed by atoms with Gasteiger partial charge in [0.2, 0.25) is 10.0 Å². The first-order valence-electron chi connectivity index (χ1n) is 11.5. The van der Waals surface area contributed by atoms with Gasteiger partial charge in [-0.15, -0.1) is 0 Å². The van der Waals surface area contributed by atoms with Crippen LogP contribution in [-0.4, -0.2) is 96.3 Å². The summed E-state index contributed by atoms with van der Waals surface area (Å²) in [6.07, 6.45) is 4.91. The molecule has 2 saturated heterocycles.